The van der Waals surface area contributed by atoms with Gasteiger partial charge in [0.1, 0.15) is 6.61 Å². The van der Waals surface area contributed by atoms with E-state index in [4.69, 9.17) is 8.92 Å². The van der Waals surface area contributed by atoms with Crippen molar-refractivity contribution in [2.24, 2.45) is 0 Å². The Hall–Kier alpha value is -1.44. The minimum Gasteiger partial charge on any atom is -0.467 e. The Morgan fingerprint density at radius 3 is 2.44 bits per heavy atom. The molecule has 0 radical (unpaired) electrons. The number of benzene rings is 1. The molecule has 7 heteroatoms. The lowest BCUT2D eigenvalue weighted by atomic mass is 10.4. The highest BCUT2D eigenvalue weighted by molar-refractivity contribution is 7.86. The van der Waals surface area contributed by atoms with Crippen molar-refractivity contribution in [3.63, 3.8) is 0 Å². The van der Waals surface area contributed by atoms with Crippen LogP contribution in [0.25, 0.3) is 0 Å². The zero-order chi connectivity index (χ0) is 13.4. The number of esters is 1. The van der Waals surface area contributed by atoms with E-state index in [2.05, 4.69) is 4.74 Å². The van der Waals surface area contributed by atoms with E-state index >= 15 is 0 Å². The standard InChI is InChI=1S/C11H14O6S/c1-15-11(12)9-16-7-8-17-18(13,14)10-5-3-2-4-6-10/h2-6H,7-9H2,1H3. The first-order valence-corrected chi connectivity index (χ1v) is 6.56. The highest BCUT2D eigenvalue weighted by Crippen LogP contribution is 2.10. The molecule has 0 fully saturated rings. The highest BCUT2D eigenvalue weighted by atomic mass is 32.2. The molecule has 0 bridgehead atoms. The zero-order valence-electron chi connectivity index (χ0n) is 9.87. The molecule has 18 heavy (non-hydrogen) atoms. The molecule has 0 atom stereocenters. The second-order valence-corrected chi connectivity index (χ2v) is 4.83. The van der Waals surface area contributed by atoms with Gasteiger partial charge in [0.05, 0.1) is 25.2 Å². The molecule has 6 nitrogen and oxygen atoms in total. The first-order chi connectivity index (χ1) is 8.56. The summed E-state index contributed by atoms with van der Waals surface area (Å²) in [6, 6.07) is 7.78. The van der Waals surface area contributed by atoms with Crippen molar-refractivity contribution in [2.45, 2.75) is 4.90 Å². The Kier molecular flexibility index (Phi) is 5.76. The van der Waals surface area contributed by atoms with Crippen LogP contribution in [-0.4, -0.2) is 41.3 Å². The molecular formula is C11H14O6S. The van der Waals surface area contributed by atoms with Crippen LogP contribution in [0.3, 0.4) is 0 Å². The van der Waals surface area contributed by atoms with Gasteiger partial charge in [-0.15, -0.1) is 0 Å². The van der Waals surface area contributed by atoms with Crippen molar-refractivity contribution in [3.8, 4) is 0 Å². The molecule has 0 unspecified atom stereocenters. The molecule has 0 N–H and O–H groups in total. The zero-order valence-corrected chi connectivity index (χ0v) is 10.7. The third kappa shape index (κ3) is 4.82. The summed E-state index contributed by atoms with van der Waals surface area (Å²) in [6.45, 7) is -0.402. The maximum absolute atomic E-state index is 11.6. The summed E-state index contributed by atoms with van der Waals surface area (Å²) >= 11 is 0. The maximum atomic E-state index is 11.6. The third-order valence-electron chi connectivity index (χ3n) is 1.95. The molecule has 0 aromatic heterocycles. The van der Waals surface area contributed by atoms with E-state index in [-0.39, 0.29) is 24.7 Å². The van der Waals surface area contributed by atoms with E-state index < -0.39 is 16.1 Å². The predicted molar refractivity (Wildman–Crippen MR) is 62.4 cm³/mol. The van der Waals surface area contributed by atoms with Crippen molar-refractivity contribution in [1.82, 2.24) is 0 Å². The fourth-order valence-corrected chi connectivity index (χ4v) is 1.99. The Labute approximate surface area is 106 Å². The van der Waals surface area contributed by atoms with Crippen molar-refractivity contribution in [3.05, 3.63) is 30.3 Å². The van der Waals surface area contributed by atoms with Gasteiger partial charge in [-0.3, -0.25) is 4.18 Å². The molecule has 1 rings (SSSR count). The molecule has 0 aliphatic carbocycles. The Morgan fingerprint density at radius 2 is 1.83 bits per heavy atom. The number of ether oxygens (including phenoxy) is 2. The van der Waals surface area contributed by atoms with Crippen LogP contribution < -0.4 is 0 Å². The summed E-state index contributed by atoms with van der Waals surface area (Å²) < 4.78 is 37.2. The fraction of sp³-hybridized carbons (Fsp3) is 0.364. The smallest absolute Gasteiger partial charge is 0.331 e. The lowest BCUT2D eigenvalue weighted by Gasteiger charge is -2.05. The maximum Gasteiger partial charge on any atom is 0.331 e. The van der Waals surface area contributed by atoms with Crippen LogP contribution in [0.4, 0.5) is 0 Å². The lowest BCUT2D eigenvalue weighted by Crippen LogP contribution is -2.15. The number of methoxy groups -OCH3 is 1. The van der Waals surface area contributed by atoms with Gasteiger partial charge in [0.15, 0.2) is 0 Å². The van der Waals surface area contributed by atoms with Gasteiger partial charge < -0.3 is 9.47 Å². The average molecular weight is 274 g/mol. The summed E-state index contributed by atoms with van der Waals surface area (Å²) in [7, 11) is -2.52. The summed E-state index contributed by atoms with van der Waals surface area (Å²) in [5.41, 5.74) is 0. The molecule has 0 aliphatic heterocycles. The summed E-state index contributed by atoms with van der Waals surface area (Å²) in [4.78, 5) is 10.8. The van der Waals surface area contributed by atoms with E-state index in [0.717, 1.165) is 0 Å². The summed E-state index contributed by atoms with van der Waals surface area (Å²) in [5.74, 6) is -0.527. The van der Waals surface area contributed by atoms with Gasteiger partial charge in [-0.2, -0.15) is 8.42 Å². The van der Waals surface area contributed by atoms with Gasteiger partial charge in [-0.05, 0) is 12.1 Å². The molecule has 0 spiro atoms. The van der Waals surface area contributed by atoms with E-state index in [9.17, 15) is 13.2 Å². The van der Waals surface area contributed by atoms with Crippen LogP contribution >= 0.6 is 0 Å². The van der Waals surface area contributed by atoms with Crippen LogP contribution in [0, 0.1) is 0 Å². The highest BCUT2D eigenvalue weighted by Gasteiger charge is 2.13. The van der Waals surface area contributed by atoms with E-state index in [1.54, 1.807) is 18.2 Å². The molecule has 0 amide bonds. The van der Waals surface area contributed by atoms with Gasteiger partial charge in [-0.25, -0.2) is 4.79 Å². The number of hydrogen-bond acceptors (Lipinski definition) is 6. The van der Waals surface area contributed by atoms with Crippen LogP contribution in [0.15, 0.2) is 35.2 Å². The predicted octanol–water partition coefficient (Wildman–Crippen LogP) is 0.581. The van der Waals surface area contributed by atoms with E-state index in [1.165, 1.54) is 19.2 Å². The van der Waals surface area contributed by atoms with Gasteiger partial charge in [0, 0.05) is 0 Å². The minimum atomic E-state index is -3.76. The third-order valence-corrected chi connectivity index (χ3v) is 3.27. The Balaban J connectivity index is 2.33. The number of rotatable bonds is 7. The lowest BCUT2D eigenvalue weighted by molar-refractivity contribution is -0.146. The Morgan fingerprint density at radius 1 is 1.17 bits per heavy atom. The van der Waals surface area contributed by atoms with Crippen LogP contribution in [0.1, 0.15) is 0 Å². The van der Waals surface area contributed by atoms with Crippen molar-refractivity contribution in [2.75, 3.05) is 26.9 Å². The fourth-order valence-electron chi connectivity index (χ4n) is 1.07. The summed E-state index contributed by atoms with van der Waals surface area (Å²) in [5, 5.41) is 0. The van der Waals surface area contributed by atoms with Crippen LogP contribution in [0.2, 0.25) is 0 Å². The second kappa shape index (κ2) is 7.10. The molecule has 0 saturated heterocycles. The molecule has 0 aliphatic rings. The topological polar surface area (TPSA) is 78.9 Å². The molecule has 1 aromatic rings. The van der Waals surface area contributed by atoms with Crippen molar-refractivity contribution < 1.29 is 26.9 Å². The quantitative estimate of drug-likeness (QED) is 0.411. The summed E-state index contributed by atoms with van der Waals surface area (Å²) in [6.07, 6.45) is 0. The number of hydrogen-bond donors (Lipinski definition) is 0. The minimum absolute atomic E-state index is 0.0127. The first kappa shape index (κ1) is 14.6. The van der Waals surface area contributed by atoms with Gasteiger partial charge in [0.2, 0.25) is 0 Å². The molecule has 100 valence electrons. The molecule has 1 aromatic carbocycles. The molecule has 0 heterocycles. The van der Waals surface area contributed by atoms with Crippen LogP contribution in [-0.2, 0) is 28.6 Å². The second-order valence-electron chi connectivity index (χ2n) is 3.22. The normalized spacial score (nSPS) is 11.2. The molecular weight excluding hydrogens is 260 g/mol. The van der Waals surface area contributed by atoms with Crippen molar-refractivity contribution in [1.29, 1.82) is 0 Å². The van der Waals surface area contributed by atoms with E-state index in [0.29, 0.717) is 0 Å². The largest absolute Gasteiger partial charge is 0.467 e. The van der Waals surface area contributed by atoms with E-state index in [1.807, 2.05) is 0 Å². The SMILES string of the molecule is COC(=O)COCCOS(=O)(=O)c1ccccc1. The first-order valence-electron chi connectivity index (χ1n) is 5.15. The Bertz CT molecular complexity index is 468. The van der Waals surface area contributed by atoms with Crippen molar-refractivity contribution >= 4 is 16.1 Å². The number of carbonyl (C=O) groups excluding carboxylic acids is 1. The monoisotopic (exact) mass is 274 g/mol. The number of carbonyl (C=O) groups is 1. The van der Waals surface area contributed by atoms with Crippen LogP contribution in [0.5, 0.6) is 0 Å². The molecule has 0 saturated carbocycles. The van der Waals surface area contributed by atoms with Gasteiger partial charge >= 0.3 is 5.97 Å². The van der Waals surface area contributed by atoms with Gasteiger partial charge in [-0.1, -0.05) is 18.2 Å². The van der Waals surface area contributed by atoms with Gasteiger partial charge in [0.25, 0.3) is 10.1 Å². The average Bonchev–Trinajstić information content (AvgIpc) is 2.39.